The van der Waals surface area contributed by atoms with Gasteiger partial charge in [-0.2, -0.15) is 15.0 Å². The summed E-state index contributed by atoms with van der Waals surface area (Å²) in [6, 6.07) is 17.6. The number of benzene rings is 2. The van der Waals surface area contributed by atoms with Crippen molar-refractivity contribution < 1.29 is 14.3 Å². The minimum absolute atomic E-state index is 0.139. The largest absolute Gasteiger partial charge is 0.378 e. The Morgan fingerprint density at radius 2 is 1.41 bits per heavy atom. The van der Waals surface area contributed by atoms with Crippen molar-refractivity contribution in [3.05, 3.63) is 71.3 Å². The Kier molecular flexibility index (Phi) is 11.3. The van der Waals surface area contributed by atoms with Crippen LogP contribution in [0.15, 0.2) is 54.6 Å². The lowest BCUT2D eigenvalue weighted by Crippen LogP contribution is -2.27. The number of carbonyl (C=O) groups is 1. The number of amides is 1. The molecule has 1 fully saturated rings. The Balaban J connectivity index is 1.27. The zero-order valence-electron chi connectivity index (χ0n) is 22.3. The maximum Gasteiger partial charge on any atom is 0.251 e. The van der Waals surface area contributed by atoms with E-state index < -0.39 is 0 Å². The fourth-order valence-electron chi connectivity index (χ4n) is 4.06. The van der Waals surface area contributed by atoms with Gasteiger partial charge in [-0.3, -0.25) is 4.79 Å². The Morgan fingerprint density at radius 1 is 0.795 bits per heavy atom. The number of ether oxygens (including phenoxy) is 2. The summed E-state index contributed by atoms with van der Waals surface area (Å²) in [4.78, 5) is 28.5. The molecule has 11 nitrogen and oxygen atoms in total. The molecule has 4 rings (SSSR count). The van der Waals surface area contributed by atoms with Crippen LogP contribution in [0.25, 0.3) is 0 Å². The molecule has 2 aromatic carbocycles. The fourth-order valence-corrected chi connectivity index (χ4v) is 4.06. The lowest BCUT2D eigenvalue weighted by atomic mass is 10.1. The SMILES string of the molecule is NCCOCCOCCNC(=O)c1ccc(CNc2nc(NCc3ccccc3)nc(N3CCCC3)n2)cc1. The molecule has 208 valence electrons. The first-order valence-electron chi connectivity index (χ1n) is 13.5. The number of hydrogen-bond donors (Lipinski definition) is 4. The average molecular weight is 535 g/mol. The van der Waals surface area contributed by atoms with Gasteiger partial charge in [-0.05, 0) is 36.1 Å². The molecule has 3 aromatic rings. The summed E-state index contributed by atoms with van der Waals surface area (Å²) in [7, 11) is 0. The first kappa shape index (κ1) is 28.2. The highest BCUT2D eigenvalue weighted by Gasteiger charge is 2.17. The summed E-state index contributed by atoms with van der Waals surface area (Å²) in [5.74, 6) is 1.59. The smallest absolute Gasteiger partial charge is 0.251 e. The normalized spacial score (nSPS) is 12.9. The van der Waals surface area contributed by atoms with E-state index in [9.17, 15) is 4.79 Å². The van der Waals surface area contributed by atoms with E-state index >= 15 is 0 Å². The molecule has 0 radical (unpaired) electrons. The third kappa shape index (κ3) is 9.47. The highest BCUT2D eigenvalue weighted by molar-refractivity contribution is 5.94. The molecule has 0 atom stereocenters. The molecule has 5 N–H and O–H groups in total. The van der Waals surface area contributed by atoms with E-state index in [1.165, 1.54) is 0 Å². The Morgan fingerprint density at radius 3 is 2.05 bits per heavy atom. The highest BCUT2D eigenvalue weighted by atomic mass is 16.5. The topological polar surface area (TPSA) is 140 Å². The van der Waals surface area contributed by atoms with Crippen molar-refractivity contribution in [2.45, 2.75) is 25.9 Å². The van der Waals surface area contributed by atoms with Gasteiger partial charge in [0.25, 0.3) is 5.91 Å². The van der Waals surface area contributed by atoms with Gasteiger partial charge < -0.3 is 36.1 Å². The van der Waals surface area contributed by atoms with Gasteiger partial charge in [-0.15, -0.1) is 0 Å². The van der Waals surface area contributed by atoms with Crippen molar-refractivity contribution in [3.8, 4) is 0 Å². The summed E-state index contributed by atoms with van der Waals surface area (Å²) in [6.45, 7) is 5.88. The minimum atomic E-state index is -0.139. The molecule has 0 unspecified atom stereocenters. The molecule has 1 amide bonds. The van der Waals surface area contributed by atoms with E-state index in [1.54, 1.807) is 0 Å². The average Bonchev–Trinajstić information content (AvgIpc) is 3.52. The zero-order valence-corrected chi connectivity index (χ0v) is 22.3. The van der Waals surface area contributed by atoms with Crippen LogP contribution < -0.4 is 26.6 Å². The van der Waals surface area contributed by atoms with E-state index in [0.29, 0.717) is 76.0 Å². The second kappa shape index (κ2) is 15.6. The van der Waals surface area contributed by atoms with Crippen LogP contribution in [0.2, 0.25) is 0 Å². The maximum absolute atomic E-state index is 12.4. The molecule has 0 aliphatic carbocycles. The quantitative estimate of drug-likeness (QED) is 0.203. The molecular formula is C28H38N8O3. The number of nitrogens with zero attached hydrogens (tertiary/aromatic N) is 4. The summed E-state index contributed by atoms with van der Waals surface area (Å²) < 4.78 is 10.7. The molecule has 0 spiro atoms. The van der Waals surface area contributed by atoms with E-state index in [1.807, 2.05) is 42.5 Å². The van der Waals surface area contributed by atoms with Crippen LogP contribution in [0.5, 0.6) is 0 Å². The minimum Gasteiger partial charge on any atom is -0.378 e. The first-order chi connectivity index (χ1) is 19.2. The maximum atomic E-state index is 12.4. The number of carbonyl (C=O) groups excluding carboxylic acids is 1. The van der Waals surface area contributed by atoms with E-state index in [-0.39, 0.29) is 5.91 Å². The van der Waals surface area contributed by atoms with E-state index in [4.69, 9.17) is 15.2 Å². The van der Waals surface area contributed by atoms with Gasteiger partial charge in [-0.25, -0.2) is 0 Å². The number of rotatable bonds is 16. The van der Waals surface area contributed by atoms with Crippen LogP contribution in [0.1, 0.15) is 34.3 Å². The summed E-state index contributed by atoms with van der Waals surface area (Å²) in [6.07, 6.45) is 2.27. The van der Waals surface area contributed by atoms with Crippen molar-refractivity contribution in [1.29, 1.82) is 0 Å². The van der Waals surface area contributed by atoms with Crippen molar-refractivity contribution >= 4 is 23.8 Å². The highest BCUT2D eigenvalue weighted by Crippen LogP contribution is 2.19. The van der Waals surface area contributed by atoms with Gasteiger partial charge in [-0.1, -0.05) is 42.5 Å². The van der Waals surface area contributed by atoms with Crippen molar-refractivity contribution in [2.75, 3.05) is 68.1 Å². The molecule has 1 saturated heterocycles. The standard InChI is InChI=1S/C28H38N8O3/c29-12-16-38-18-19-39-17-13-30-25(37)24-10-8-23(9-11-24)21-32-27-33-26(31-20-22-6-2-1-3-7-22)34-28(35-27)36-14-4-5-15-36/h1-3,6-11H,4-5,12-21,29H2,(H,30,37)(H2,31,32,33,34,35). The number of nitrogens with two attached hydrogens (primary N) is 1. The van der Waals surface area contributed by atoms with Crippen LogP contribution >= 0.6 is 0 Å². The molecule has 1 aromatic heterocycles. The molecule has 0 saturated carbocycles. The molecule has 0 bridgehead atoms. The lowest BCUT2D eigenvalue weighted by molar-refractivity contribution is 0.0511. The molecule has 11 heteroatoms. The summed E-state index contributed by atoms with van der Waals surface area (Å²) in [5.41, 5.74) is 8.12. The van der Waals surface area contributed by atoms with Crippen molar-refractivity contribution in [3.63, 3.8) is 0 Å². The Hall–Kier alpha value is -3.80. The molecule has 39 heavy (non-hydrogen) atoms. The second-order valence-electron chi connectivity index (χ2n) is 9.14. The number of hydrogen-bond acceptors (Lipinski definition) is 10. The van der Waals surface area contributed by atoms with Crippen molar-refractivity contribution in [1.82, 2.24) is 20.3 Å². The third-order valence-electron chi connectivity index (χ3n) is 6.14. The van der Waals surface area contributed by atoms with Gasteiger partial charge in [0, 0.05) is 44.8 Å². The lowest BCUT2D eigenvalue weighted by Gasteiger charge is -2.17. The second-order valence-corrected chi connectivity index (χ2v) is 9.14. The van der Waals surface area contributed by atoms with Crippen LogP contribution in [-0.4, -0.2) is 73.5 Å². The molecule has 1 aliphatic heterocycles. The number of nitrogens with one attached hydrogen (secondary N) is 3. The van der Waals surface area contributed by atoms with E-state index in [0.717, 1.165) is 37.1 Å². The Labute approximate surface area is 229 Å². The molecule has 2 heterocycles. The Bertz CT molecular complexity index is 1140. The van der Waals surface area contributed by atoms with Crippen LogP contribution in [-0.2, 0) is 22.6 Å². The van der Waals surface area contributed by atoms with Gasteiger partial charge in [0.05, 0.1) is 26.4 Å². The summed E-state index contributed by atoms with van der Waals surface area (Å²) >= 11 is 0. The summed E-state index contributed by atoms with van der Waals surface area (Å²) in [5, 5.41) is 9.50. The van der Waals surface area contributed by atoms with E-state index in [2.05, 4.69) is 47.9 Å². The molecule has 1 aliphatic rings. The fraction of sp³-hybridized carbons (Fsp3) is 0.429. The van der Waals surface area contributed by atoms with Gasteiger partial charge in [0.2, 0.25) is 17.8 Å². The van der Waals surface area contributed by atoms with Crippen LogP contribution in [0.4, 0.5) is 17.8 Å². The van der Waals surface area contributed by atoms with Gasteiger partial charge in [0.1, 0.15) is 0 Å². The zero-order chi connectivity index (χ0) is 27.1. The number of aromatic nitrogens is 3. The van der Waals surface area contributed by atoms with Gasteiger partial charge >= 0.3 is 0 Å². The predicted molar refractivity (Wildman–Crippen MR) is 152 cm³/mol. The monoisotopic (exact) mass is 534 g/mol. The van der Waals surface area contributed by atoms with Crippen LogP contribution in [0, 0.1) is 0 Å². The van der Waals surface area contributed by atoms with Crippen molar-refractivity contribution in [2.24, 2.45) is 5.73 Å². The predicted octanol–water partition coefficient (Wildman–Crippen LogP) is 2.42. The third-order valence-corrected chi connectivity index (χ3v) is 6.14. The first-order valence-corrected chi connectivity index (χ1v) is 13.5. The van der Waals surface area contributed by atoms with Gasteiger partial charge in [0.15, 0.2) is 0 Å². The number of anilines is 3. The molecular weight excluding hydrogens is 496 g/mol. The van der Waals surface area contributed by atoms with Crippen LogP contribution in [0.3, 0.4) is 0 Å².